The average molecular weight is 345 g/mol. The molecule has 2 heterocycles. The van der Waals surface area contributed by atoms with E-state index in [0.29, 0.717) is 6.07 Å². The molecule has 1 aliphatic rings. The van der Waals surface area contributed by atoms with Gasteiger partial charge in [-0.3, -0.25) is 4.68 Å². The summed E-state index contributed by atoms with van der Waals surface area (Å²) in [6.07, 6.45) is -3.86. The molecule has 0 atom stereocenters. The van der Waals surface area contributed by atoms with Crippen LogP contribution >= 0.6 is 0 Å². The lowest BCUT2D eigenvalue weighted by atomic mass is 9.87. The Morgan fingerprint density at radius 3 is 2.33 bits per heavy atom. The van der Waals surface area contributed by atoms with Gasteiger partial charge in [0.05, 0.1) is 23.0 Å². The van der Waals surface area contributed by atoms with Crippen molar-refractivity contribution >= 4 is 13.2 Å². The zero-order valence-corrected chi connectivity index (χ0v) is 13.6. The number of nitriles is 1. The molecule has 130 valence electrons. The van der Waals surface area contributed by atoms with E-state index in [-0.39, 0.29) is 5.69 Å². The molecule has 2 rings (SSSR count). The lowest BCUT2D eigenvalue weighted by Gasteiger charge is -2.32. The monoisotopic (exact) mass is 345 g/mol. The van der Waals surface area contributed by atoms with Crippen LogP contribution in [0, 0.1) is 11.3 Å². The molecule has 0 amide bonds. The molecule has 0 radical (unpaired) electrons. The number of hydrogen-bond acceptors (Lipinski definition) is 4. The van der Waals surface area contributed by atoms with Gasteiger partial charge >= 0.3 is 13.3 Å². The van der Waals surface area contributed by atoms with E-state index in [2.05, 4.69) is 5.10 Å². The molecular weight excluding hydrogens is 329 g/mol. The molecule has 0 saturated carbocycles. The summed E-state index contributed by atoms with van der Waals surface area (Å²) < 4.78 is 64.4. The third kappa shape index (κ3) is 3.47. The van der Waals surface area contributed by atoms with Crippen LogP contribution in [0.15, 0.2) is 11.8 Å². The van der Waals surface area contributed by atoms with E-state index in [1.165, 1.54) is 0 Å². The fraction of sp³-hybridized carbons (Fsp3) is 0.571. The summed E-state index contributed by atoms with van der Waals surface area (Å²) in [4.78, 5) is 0. The summed E-state index contributed by atoms with van der Waals surface area (Å²) in [5.74, 6) is 0. The smallest absolute Gasteiger partial charge is 0.398 e. The van der Waals surface area contributed by atoms with E-state index in [4.69, 9.17) is 14.6 Å². The largest absolute Gasteiger partial charge is 0.525 e. The Hall–Kier alpha value is -1.86. The van der Waals surface area contributed by atoms with E-state index < -0.39 is 42.5 Å². The fourth-order valence-electron chi connectivity index (χ4n) is 2.04. The highest BCUT2D eigenvalue weighted by molar-refractivity contribution is 6.54. The van der Waals surface area contributed by atoms with Crippen LogP contribution in [-0.4, -0.2) is 28.1 Å². The summed E-state index contributed by atoms with van der Waals surface area (Å²) in [5.41, 5.74) is -3.87. The number of hydrogen-bond donors (Lipinski definition) is 0. The third-order valence-electron chi connectivity index (χ3n) is 4.09. The minimum atomic E-state index is -4.69. The molecule has 0 unspecified atom stereocenters. The summed E-state index contributed by atoms with van der Waals surface area (Å²) in [6.45, 7) is 6.45. The minimum Gasteiger partial charge on any atom is -0.398 e. The van der Waals surface area contributed by atoms with Crippen molar-refractivity contribution in [1.82, 2.24) is 9.78 Å². The normalized spacial score (nSPS) is 20.3. The van der Waals surface area contributed by atoms with Gasteiger partial charge in [-0.1, -0.05) is 0 Å². The van der Waals surface area contributed by atoms with E-state index >= 15 is 0 Å². The molecule has 0 aliphatic carbocycles. The molecule has 5 nitrogen and oxygen atoms in total. The molecule has 24 heavy (non-hydrogen) atoms. The van der Waals surface area contributed by atoms with Crippen LogP contribution in [0.25, 0.3) is 6.08 Å². The first-order valence-corrected chi connectivity index (χ1v) is 7.12. The number of aromatic nitrogens is 2. The van der Waals surface area contributed by atoms with Crippen molar-refractivity contribution in [2.75, 3.05) is 0 Å². The zero-order chi connectivity index (χ0) is 18.3. The molecule has 10 heteroatoms. The lowest BCUT2D eigenvalue weighted by Crippen LogP contribution is -2.41. The molecule has 0 bridgehead atoms. The average Bonchev–Trinajstić information content (AvgIpc) is 2.89. The number of halogens is 4. The molecule has 1 aliphatic heterocycles. The van der Waals surface area contributed by atoms with Crippen molar-refractivity contribution in [3.05, 3.63) is 23.2 Å². The molecule has 0 aromatic carbocycles. The molecular formula is C14H16BF4N3O2. The van der Waals surface area contributed by atoms with Crippen molar-refractivity contribution in [3.8, 4) is 6.07 Å². The highest BCUT2D eigenvalue weighted by Gasteiger charge is 2.53. The standard InChI is InChI=1S/C14H16BF4N3O2/c1-12(2)13(3,4)24-15(23-12)11(16)8-9-7-10(14(17,18)19)21-22(9)6-5-20/h7-8H,6H2,1-4H3. The summed E-state index contributed by atoms with van der Waals surface area (Å²) in [5, 5.41) is 12.0. The first kappa shape index (κ1) is 18.5. The van der Waals surface area contributed by atoms with Crippen molar-refractivity contribution < 1.29 is 26.9 Å². The molecule has 0 spiro atoms. The lowest BCUT2D eigenvalue weighted by molar-refractivity contribution is -0.141. The quantitative estimate of drug-likeness (QED) is 0.623. The first-order chi connectivity index (χ1) is 10.9. The highest BCUT2D eigenvalue weighted by atomic mass is 19.4. The van der Waals surface area contributed by atoms with Crippen LogP contribution in [-0.2, 0) is 22.0 Å². The van der Waals surface area contributed by atoms with E-state index in [1.807, 2.05) is 0 Å². The van der Waals surface area contributed by atoms with Crippen molar-refractivity contribution in [3.63, 3.8) is 0 Å². The highest BCUT2D eigenvalue weighted by Crippen LogP contribution is 2.39. The molecule has 1 aromatic heterocycles. The van der Waals surface area contributed by atoms with Gasteiger partial charge in [0.25, 0.3) is 0 Å². The van der Waals surface area contributed by atoms with Crippen LogP contribution in [0.4, 0.5) is 17.6 Å². The van der Waals surface area contributed by atoms with Gasteiger partial charge < -0.3 is 9.31 Å². The minimum absolute atomic E-state index is 0.198. The topological polar surface area (TPSA) is 60.1 Å². The second-order valence-corrected chi connectivity index (χ2v) is 6.39. The van der Waals surface area contributed by atoms with Crippen molar-refractivity contribution in [1.29, 1.82) is 5.26 Å². The van der Waals surface area contributed by atoms with Gasteiger partial charge in [0.2, 0.25) is 0 Å². The summed E-state index contributed by atoms with van der Waals surface area (Å²) in [7, 11) is -1.34. The molecule has 1 saturated heterocycles. The van der Waals surface area contributed by atoms with E-state index in [0.717, 1.165) is 10.8 Å². The van der Waals surface area contributed by atoms with Crippen LogP contribution in [0.2, 0.25) is 0 Å². The van der Waals surface area contributed by atoms with Gasteiger partial charge in [0.15, 0.2) is 5.69 Å². The molecule has 1 fully saturated rings. The maximum absolute atomic E-state index is 14.4. The van der Waals surface area contributed by atoms with Gasteiger partial charge in [-0.2, -0.15) is 23.5 Å². The van der Waals surface area contributed by atoms with Crippen LogP contribution in [0.3, 0.4) is 0 Å². The number of rotatable bonds is 3. The van der Waals surface area contributed by atoms with E-state index in [9.17, 15) is 17.6 Å². The van der Waals surface area contributed by atoms with E-state index in [1.54, 1.807) is 33.8 Å². The third-order valence-corrected chi connectivity index (χ3v) is 4.09. The van der Waals surface area contributed by atoms with Gasteiger partial charge in [0, 0.05) is 0 Å². The Morgan fingerprint density at radius 1 is 1.33 bits per heavy atom. The Bertz CT molecular complexity index is 688. The Balaban J connectivity index is 2.34. The Kier molecular flexibility index (Phi) is 4.54. The van der Waals surface area contributed by atoms with Crippen LogP contribution in [0.1, 0.15) is 39.1 Å². The van der Waals surface area contributed by atoms with Gasteiger partial charge in [-0.25, -0.2) is 4.39 Å². The predicted octanol–water partition coefficient (Wildman–Crippen LogP) is 3.37. The zero-order valence-electron chi connectivity index (χ0n) is 13.6. The second kappa shape index (κ2) is 5.90. The van der Waals surface area contributed by atoms with Gasteiger partial charge in [-0.15, -0.1) is 0 Å². The Labute approximate surface area is 137 Å². The fourth-order valence-corrected chi connectivity index (χ4v) is 2.04. The summed E-state index contributed by atoms with van der Waals surface area (Å²) in [6, 6.07) is 2.35. The van der Waals surface area contributed by atoms with Crippen LogP contribution < -0.4 is 0 Å². The van der Waals surface area contributed by atoms with Gasteiger partial charge in [-0.05, 0) is 39.8 Å². The SMILES string of the molecule is CC1(C)OB(C(F)=Cc2cc(C(F)(F)F)nn2CC#N)OC1(C)C. The maximum atomic E-state index is 14.4. The Morgan fingerprint density at radius 2 is 1.88 bits per heavy atom. The number of alkyl halides is 3. The van der Waals surface area contributed by atoms with Gasteiger partial charge in [0.1, 0.15) is 12.3 Å². The second-order valence-electron chi connectivity index (χ2n) is 6.39. The predicted molar refractivity (Wildman–Crippen MR) is 78.0 cm³/mol. The molecule has 0 N–H and O–H groups in total. The molecule has 1 aromatic rings. The number of nitrogens with zero attached hydrogens (tertiary/aromatic N) is 3. The summed E-state index contributed by atoms with van der Waals surface area (Å²) >= 11 is 0. The first-order valence-electron chi connectivity index (χ1n) is 7.12. The van der Waals surface area contributed by atoms with Crippen molar-refractivity contribution in [2.24, 2.45) is 0 Å². The van der Waals surface area contributed by atoms with Crippen LogP contribution in [0.5, 0.6) is 0 Å². The van der Waals surface area contributed by atoms with Crippen molar-refractivity contribution in [2.45, 2.75) is 51.6 Å². The maximum Gasteiger partial charge on any atom is 0.525 e.